The second kappa shape index (κ2) is 5.52. The van der Waals surface area contributed by atoms with E-state index in [4.69, 9.17) is 0 Å². The lowest BCUT2D eigenvalue weighted by Crippen LogP contribution is -2.27. The van der Waals surface area contributed by atoms with Crippen LogP contribution >= 0.6 is 0 Å². The van der Waals surface area contributed by atoms with Crippen LogP contribution in [0.5, 0.6) is 0 Å². The highest BCUT2D eigenvalue weighted by Crippen LogP contribution is 2.03. The van der Waals surface area contributed by atoms with Gasteiger partial charge in [0.25, 0.3) is 0 Å². The molecule has 77 valence electrons. The highest BCUT2D eigenvalue weighted by Gasteiger charge is 2.02. The second-order valence-corrected chi connectivity index (χ2v) is 3.75. The van der Waals surface area contributed by atoms with Gasteiger partial charge in [-0.3, -0.25) is 4.90 Å². The summed E-state index contributed by atoms with van der Waals surface area (Å²) < 4.78 is 0. The quantitative estimate of drug-likeness (QED) is 0.722. The Balaban J connectivity index is 1.82. The van der Waals surface area contributed by atoms with E-state index in [0.29, 0.717) is 0 Å². The lowest BCUT2D eigenvalue weighted by atomic mass is 10.2. The van der Waals surface area contributed by atoms with Gasteiger partial charge >= 0.3 is 0 Å². The van der Waals surface area contributed by atoms with Crippen molar-refractivity contribution in [2.75, 3.05) is 19.6 Å². The summed E-state index contributed by atoms with van der Waals surface area (Å²) in [5.41, 5.74) is 1.27. The molecule has 15 heavy (non-hydrogen) atoms. The average Bonchev–Trinajstić information content (AvgIpc) is 2.32. The molecule has 0 atom stereocenters. The lowest BCUT2D eigenvalue weighted by Gasteiger charge is -2.20. The summed E-state index contributed by atoms with van der Waals surface area (Å²) >= 11 is 0. The van der Waals surface area contributed by atoms with Crippen molar-refractivity contribution in [2.24, 2.45) is 0 Å². The van der Waals surface area contributed by atoms with Crippen LogP contribution in [0.4, 0.5) is 0 Å². The van der Waals surface area contributed by atoms with E-state index in [1.165, 1.54) is 5.56 Å². The average molecular weight is 198 g/mol. The van der Waals surface area contributed by atoms with Crippen molar-refractivity contribution in [1.82, 2.24) is 4.90 Å². The molecule has 0 amide bonds. The van der Waals surface area contributed by atoms with Crippen molar-refractivity contribution in [3.8, 4) is 0 Å². The Labute approximate surface area is 91.7 Å². The van der Waals surface area contributed by atoms with Gasteiger partial charge in [-0.05, 0) is 18.1 Å². The molecule has 1 aromatic rings. The van der Waals surface area contributed by atoms with Gasteiger partial charge in [0.15, 0.2) is 0 Å². The monoisotopic (exact) mass is 198 g/mol. The number of benzene rings is 1. The Bertz CT molecular complexity index is 338. The molecular weight excluding hydrogens is 182 g/mol. The van der Waals surface area contributed by atoms with Gasteiger partial charge in [0, 0.05) is 19.6 Å². The molecule has 0 aromatic heterocycles. The summed E-state index contributed by atoms with van der Waals surface area (Å²) in [5.74, 6) is 0. The molecule has 1 aliphatic heterocycles. The second-order valence-electron chi connectivity index (χ2n) is 3.75. The van der Waals surface area contributed by atoms with E-state index in [2.05, 4.69) is 53.5 Å². The molecular formula is C14H16N. The zero-order valence-corrected chi connectivity index (χ0v) is 8.89. The van der Waals surface area contributed by atoms with Gasteiger partial charge in [0.05, 0.1) is 0 Å². The normalized spacial score (nSPS) is 17.3. The summed E-state index contributed by atoms with van der Waals surface area (Å²) in [5, 5.41) is 0. The third-order valence-corrected chi connectivity index (χ3v) is 2.52. The molecule has 0 unspecified atom stereocenters. The van der Waals surface area contributed by atoms with Crippen molar-refractivity contribution < 1.29 is 0 Å². The summed E-state index contributed by atoms with van der Waals surface area (Å²) in [6.45, 7) is 3.15. The minimum Gasteiger partial charge on any atom is -0.295 e. The minimum atomic E-state index is 0.971. The third-order valence-electron chi connectivity index (χ3n) is 2.52. The number of rotatable bonds is 3. The first-order chi connectivity index (χ1) is 7.45. The molecule has 1 aromatic carbocycles. The predicted octanol–water partition coefficient (Wildman–Crippen LogP) is 2.76. The highest BCUT2D eigenvalue weighted by molar-refractivity contribution is 5.48. The van der Waals surface area contributed by atoms with Gasteiger partial charge in [-0.2, -0.15) is 0 Å². The summed E-state index contributed by atoms with van der Waals surface area (Å²) in [6.07, 6.45) is 10.9. The van der Waals surface area contributed by atoms with E-state index in [1.54, 1.807) is 0 Å². The Morgan fingerprint density at radius 1 is 1.27 bits per heavy atom. The SMILES string of the molecule is [C]1=CCCN(CC=Cc2ccccc2)C1. The molecule has 0 saturated carbocycles. The first kappa shape index (κ1) is 10.2. The fourth-order valence-electron chi connectivity index (χ4n) is 1.68. The van der Waals surface area contributed by atoms with Gasteiger partial charge in [0.2, 0.25) is 0 Å². The fraction of sp³-hybridized carbons (Fsp3) is 0.286. The Hall–Kier alpha value is -1.34. The zero-order chi connectivity index (χ0) is 10.3. The molecule has 1 nitrogen and oxygen atoms in total. The Morgan fingerprint density at radius 2 is 2.13 bits per heavy atom. The summed E-state index contributed by atoms with van der Waals surface area (Å²) in [7, 11) is 0. The van der Waals surface area contributed by atoms with Gasteiger partial charge < -0.3 is 0 Å². The molecule has 1 aliphatic rings. The number of hydrogen-bond acceptors (Lipinski definition) is 1. The van der Waals surface area contributed by atoms with Crippen LogP contribution in [-0.2, 0) is 0 Å². The molecule has 0 aliphatic carbocycles. The summed E-state index contributed by atoms with van der Waals surface area (Å²) in [6, 6.07) is 10.4. The first-order valence-electron chi connectivity index (χ1n) is 5.44. The van der Waals surface area contributed by atoms with E-state index in [1.807, 2.05) is 6.07 Å². The Morgan fingerprint density at radius 3 is 2.87 bits per heavy atom. The molecule has 1 heterocycles. The van der Waals surface area contributed by atoms with Crippen LogP contribution in [0.1, 0.15) is 12.0 Å². The van der Waals surface area contributed by atoms with Gasteiger partial charge in [0.1, 0.15) is 0 Å². The van der Waals surface area contributed by atoms with Gasteiger partial charge in [-0.25, -0.2) is 0 Å². The Kier molecular flexibility index (Phi) is 3.75. The van der Waals surface area contributed by atoms with Crippen molar-refractivity contribution in [2.45, 2.75) is 6.42 Å². The number of hydrogen-bond donors (Lipinski definition) is 0. The smallest absolute Gasteiger partial charge is 0.0237 e. The van der Waals surface area contributed by atoms with Gasteiger partial charge in [-0.15, -0.1) is 0 Å². The molecule has 0 N–H and O–H groups in total. The maximum absolute atomic E-state index is 3.25. The van der Waals surface area contributed by atoms with Crippen molar-refractivity contribution in [3.63, 3.8) is 0 Å². The topological polar surface area (TPSA) is 3.24 Å². The maximum atomic E-state index is 3.25. The largest absolute Gasteiger partial charge is 0.295 e. The van der Waals surface area contributed by atoms with Gasteiger partial charge in [-0.1, -0.05) is 48.6 Å². The van der Waals surface area contributed by atoms with Crippen LogP contribution in [0.15, 0.2) is 42.5 Å². The van der Waals surface area contributed by atoms with Crippen LogP contribution < -0.4 is 0 Å². The molecule has 0 bridgehead atoms. The standard InChI is InChI=1S/C14H16N/c1-3-8-14(9-4-1)10-7-13-15-11-5-2-6-12-15/h1-4,7-10H,5,11-13H2. The molecule has 0 spiro atoms. The van der Waals surface area contributed by atoms with E-state index < -0.39 is 0 Å². The molecule has 1 radical (unpaired) electrons. The molecule has 0 saturated heterocycles. The van der Waals surface area contributed by atoms with Crippen LogP contribution in [0.25, 0.3) is 6.08 Å². The predicted molar refractivity (Wildman–Crippen MR) is 64.3 cm³/mol. The van der Waals surface area contributed by atoms with E-state index in [9.17, 15) is 0 Å². The van der Waals surface area contributed by atoms with Crippen molar-refractivity contribution in [1.29, 1.82) is 0 Å². The highest BCUT2D eigenvalue weighted by atomic mass is 15.1. The van der Waals surface area contributed by atoms with Crippen molar-refractivity contribution in [3.05, 3.63) is 54.1 Å². The third kappa shape index (κ3) is 3.37. The maximum Gasteiger partial charge on any atom is 0.0237 e. The van der Waals surface area contributed by atoms with Crippen LogP contribution in [-0.4, -0.2) is 24.5 Å². The van der Waals surface area contributed by atoms with E-state index in [0.717, 1.165) is 26.1 Å². The van der Waals surface area contributed by atoms with Crippen LogP contribution in [0.2, 0.25) is 0 Å². The number of nitrogens with zero attached hydrogens (tertiary/aromatic N) is 1. The van der Waals surface area contributed by atoms with E-state index in [-0.39, 0.29) is 0 Å². The van der Waals surface area contributed by atoms with E-state index >= 15 is 0 Å². The fourth-order valence-corrected chi connectivity index (χ4v) is 1.68. The lowest BCUT2D eigenvalue weighted by molar-refractivity contribution is 0.326. The first-order valence-corrected chi connectivity index (χ1v) is 5.44. The van der Waals surface area contributed by atoms with Crippen LogP contribution in [0, 0.1) is 6.08 Å². The van der Waals surface area contributed by atoms with Crippen LogP contribution in [0.3, 0.4) is 0 Å². The molecule has 2 rings (SSSR count). The molecule has 0 fully saturated rings. The van der Waals surface area contributed by atoms with Crippen molar-refractivity contribution >= 4 is 6.08 Å². The zero-order valence-electron chi connectivity index (χ0n) is 8.89. The minimum absolute atomic E-state index is 0.971. The summed E-state index contributed by atoms with van der Waals surface area (Å²) in [4.78, 5) is 2.39. The molecule has 1 heteroatoms.